The van der Waals surface area contributed by atoms with Gasteiger partial charge in [0.25, 0.3) is 6.36 Å². The van der Waals surface area contributed by atoms with Crippen LogP contribution in [-0.4, -0.2) is 54.8 Å². The molecule has 1 fully saturated rings. The van der Waals surface area contributed by atoms with Gasteiger partial charge in [0.05, 0.1) is 12.6 Å². The Balaban J connectivity index is 1.66. The molecular formula is C21H26F3NO3. The Labute approximate surface area is 163 Å². The molecule has 0 amide bonds. The molecule has 1 aromatic rings. The van der Waals surface area contributed by atoms with Crippen LogP contribution in [0.15, 0.2) is 23.8 Å². The van der Waals surface area contributed by atoms with Gasteiger partial charge in [0, 0.05) is 19.5 Å². The van der Waals surface area contributed by atoms with E-state index in [4.69, 9.17) is 9.84 Å². The summed E-state index contributed by atoms with van der Waals surface area (Å²) in [6, 6.07) is 5.12. The molecule has 0 aromatic heterocycles. The number of halogens is 3. The molecule has 1 aromatic carbocycles. The van der Waals surface area contributed by atoms with Gasteiger partial charge in [-0.05, 0) is 48.6 Å². The zero-order valence-electron chi connectivity index (χ0n) is 15.9. The summed E-state index contributed by atoms with van der Waals surface area (Å²) in [4.78, 5) is 13.3. The second-order valence-electron chi connectivity index (χ2n) is 7.71. The first kappa shape index (κ1) is 20.7. The van der Waals surface area contributed by atoms with Crippen molar-refractivity contribution in [3.63, 3.8) is 0 Å². The highest BCUT2D eigenvalue weighted by Gasteiger charge is 2.30. The number of carboxylic acids is 1. The number of alkyl halides is 3. The number of likely N-dealkylation sites (tertiary alicyclic amines) is 1. The molecule has 154 valence electrons. The summed E-state index contributed by atoms with van der Waals surface area (Å²) in [5.74, 6) is -0.537. The van der Waals surface area contributed by atoms with Crippen LogP contribution >= 0.6 is 0 Å². The van der Waals surface area contributed by atoms with E-state index in [2.05, 4.69) is 17.9 Å². The number of carboxylic acid groups (broad SMARTS) is 1. The van der Waals surface area contributed by atoms with Crippen LogP contribution in [0.4, 0.5) is 13.2 Å². The van der Waals surface area contributed by atoms with E-state index in [1.807, 2.05) is 6.07 Å². The summed E-state index contributed by atoms with van der Waals surface area (Å²) >= 11 is 0. The van der Waals surface area contributed by atoms with E-state index in [-0.39, 0.29) is 17.6 Å². The Morgan fingerprint density at radius 3 is 2.86 bits per heavy atom. The van der Waals surface area contributed by atoms with Crippen molar-refractivity contribution in [3.8, 4) is 5.75 Å². The van der Waals surface area contributed by atoms with E-state index in [1.165, 1.54) is 5.57 Å². The van der Waals surface area contributed by atoms with Crippen molar-refractivity contribution < 1.29 is 27.8 Å². The van der Waals surface area contributed by atoms with E-state index in [9.17, 15) is 18.0 Å². The molecule has 1 N–H and O–H groups in total. The van der Waals surface area contributed by atoms with Gasteiger partial charge in [0.2, 0.25) is 0 Å². The van der Waals surface area contributed by atoms with Crippen LogP contribution < -0.4 is 4.74 Å². The molecule has 1 aliphatic heterocycles. The van der Waals surface area contributed by atoms with E-state index in [0.29, 0.717) is 13.0 Å². The molecule has 1 heterocycles. The molecule has 3 rings (SSSR count). The Hall–Kier alpha value is -2.02. The summed E-state index contributed by atoms with van der Waals surface area (Å²) in [7, 11) is 0. The fourth-order valence-electron chi connectivity index (χ4n) is 3.85. The topological polar surface area (TPSA) is 49.8 Å². The second kappa shape index (κ2) is 8.99. The summed E-state index contributed by atoms with van der Waals surface area (Å²) in [6.45, 7) is 3.26. The van der Waals surface area contributed by atoms with Crippen molar-refractivity contribution in [1.29, 1.82) is 0 Å². The summed E-state index contributed by atoms with van der Waals surface area (Å²) < 4.78 is 44.3. The minimum atomic E-state index is -2.18. The second-order valence-corrected chi connectivity index (χ2v) is 7.71. The van der Waals surface area contributed by atoms with Gasteiger partial charge in [-0.2, -0.15) is 4.39 Å². The number of hydrogen-bond acceptors (Lipinski definition) is 3. The highest BCUT2D eigenvalue weighted by atomic mass is 19.2. The number of fused-ring (bicyclic) bond motifs is 1. The first-order valence-corrected chi connectivity index (χ1v) is 9.66. The zero-order chi connectivity index (χ0) is 20.3. The SMILES string of the molecule is C[C@H]1Cc2cc(OC(F)C(F)CCF)ccc2C=C1CN1CC[C@@H](C(=O)O)C1. The standard InChI is InChI=1S/C21H26F3NO3/c1-13-8-16-10-18(28-20(24)19(23)4-6-22)3-2-14(16)9-17(13)12-25-7-5-15(11-25)21(26)27/h2-3,9-10,13,15,19-20H,4-8,11-12H2,1H3,(H,26,27)/t13-,15+,19?,20?/m0/s1. The van der Waals surface area contributed by atoms with Crippen LogP contribution in [0.5, 0.6) is 5.75 Å². The van der Waals surface area contributed by atoms with Crippen LogP contribution in [0.2, 0.25) is 0 Å². The van der Waals surface area contributed by atoms with Crippen LogP contribution in [0.3, 0.4) is 0 Å². The lowest BCUT2D eigenvalue weighted by Crippen LogP contribution is -2.28. The monoisotopic (exact) mass is 397 g/mol. The molecule has 7 heteroatoms. The largest absolute Gasteiger partial charge is 0.481 e. The Bertz CT molecular complexity index is 740. The van der Waals surface area contributed by atoms with Gasteiger partial charge >= 0.3 is 5.97 Å². The molecule has 1 saturated heterocycles. The van der Waals surface area contributed by atoms with Crippen molar-refractivity contribution >= 4 is 12.0 Å². The van der Waals surface area contributed by atoms with Gasteiger partial charge in [0.1, 0.15) is 5.75 Å². The van der Waals surface area contributed by atoms with E-state index >= 15 is 0 Å². The number of nitrogens with zero attached hydrogens (tertiary/aromatic N) is 1. The van der Waals surface area contributed by atoms with Crippen molar-refractivity contribution in [2.24, 2.45) is 11.8 Å². The Morgan fingerprint density at radius 1 is 1.39 bits per heavy atom. The molecule has 0 spiro atoms. The van der Waals surface area contributed by atoms with Crippen molar-refractivity contribution in [1.82, 2.24) is 4.90 Å². The van der Waals surface area contributed by atoms with Crippen LogP contribution in [0.25, 0.3) is 6.08 Å². The molecule has 2 aliphatic rings. The molecule has 0 radical (unpaired) electrons. The van der Waals surface area contributed by atoms with Crippen molar-refractivity contribution in [2.75, 3.05) is 26.3 Å². The first-order chi connectivity index (χ1) is 13.4. The molecule has 1 aliphatic carbocycles. The maximum atomic E-state index is 13.7. The summed E-state index contributed by atoms with van der Waals surface area (Å²) in [6.07, 6.45) is -1.17. The lowest BCUT2D eigenvalue weighted by Gasteiger charge is -2.27. The third kappa shape index (κ3) is 4.87. The lowest BCUT2D eigenvalue weighted by molar-refractivity contribution is -0.141. The van der Waals surface area contributed by atoms with Crippen LogP contribution in [-0.2, 0) is 11.2 Å². The zero-order valence-corrected chi connectivity index (χ0v) is 15.9. The minimum absolute atomic E-state index is 0.237. The number of hydrogen-bond donors (Lipinski definition) is 1. The molecule has 2 unspecified atom stereocenters. The van der Waals surface area contributed by atoms with Gasteiger partial charge in [-0.25, -0.2) is 4.39 Å². The maximum Gasteiger partial charge on any atom is 0.307 e. The van der Waals surface area contributed by atoms with Gasteiger partial charge in [-0.15, -0.1) is 0 Å². The van der Waals surface area contributed by atoms with Gasteiger partial charge in [0.15, 0.2) is 6.17 Å². The third-order valence-electron chi connectivity index (χ3n) is 5.56. The van der Waals surface area contributed by atoms with Crippen molar-refractivity contribution in [2.45, 2.75) is 38.7 Å². The number of ether oxygens (including phenoxy) is 1. The van der Waals surface area contributed by atoms with Crippen LogP contribution in [0, 0.1) is 11.8 Å². The number of aliphatic carboxylic acids is 1. The molecule has 4 nitrogen and oxygen atoms in total. The molecule has 0 saturated carbocycles. The van der Waals surface area contributed by atoms with Gasteiger partial charge in [-0.1, -0.05) is 24.6 Å². The maximum absolute atomic E-state index is 13.7. The first-order valence-electron chi connectivity index (χ1n) is 9.66. The lowest BCUT2D eigenvalue weighted by atomic mass is 9.84. The average molecular weight is 397 g/mol. The predicted molar refractivity (Wildman–Crippen MR) is 100 cm³/mol. The minimum Gasteiger partial charge on any atom is -0.481 e. The van der Waals surface area contributed by atoms with Gasteiger partial charge < -0.3 is 9.84 Å². The highest BCUT2D eigenvalue weighted by molar-refractivity contribution is 5.70. The predicted octanol–water partition coefficient (Wildman–Crippen LogP) is 4.04. The van der Waals surface area contributed by atoms with E-state index in [0.717, 1.165) is 30.6 Å². The number of rotatable bonds is 8. The fourth-order valence-corrected chi connectivity index (χ4v) is 3.85. The van der Waals surface area contributed by atoms with E-state index < -0.39 is 31.6 Å². The van der Waals surface area contributed by atoms with Crippen molar-refractivity contribution in [3.05, 3.63) is 34.9 Å². The van der Waals surface area contributed by atoms with E-state index in [1.54, 1.807) is 12.1 Å². The van der Waals surface area contributed by atoms with Crippen LogP contribution in [0.1, 0.15) is 30.9 Å². The smallest absolute Gasteiger partial charge is 0.307 e. The molecular weight excluding hydrogens is 371 g/mol. The molecule has 4 atom stereocenters. The normalized spacial score (nSPS) is 24.4. The van der Waals surface area contributed by atoms with Gasteiger partial charge in [-0.3, -0.25) is 14.1 Å². The Kier molecular flexibility index (Phi) is 6.65. The Morgan fingerprint density at radius 2 is 2.18 bits per heavy atom. The number of carbonyl (C=O) groups is 1. The summed E-state index contributed by atoms with van der Waals surface area (Å²) in [5, 5.41) is 9.15. The third-order valence-corrected chi connectivity index (χ3v) is 5.56. The quantitative estimate of drug-likeness (QED) is 0.719. The molecule has 28 heavy (non-hydrogen) atoms. The fraction of sp³-hybridized carbons (Fsp3) is 0.571. The molecule has 0 bridgehead atoms. The highest BCUT2D eigenvalue weighted by Crippen LogP contribution is 2.33. The summed E-state index contributed by atoms with van der Waals surface area (Å²) in [5.41, 5.74) is 3.24. The average Bonchev–Trinajstić information content (AvgIpc) is 3.11. The number of benzene rings is 1.